The molecule has 1 aromatic heterocycles. The summed E-state index contributed by atoms with van der Waals surface area (Å²) in [6.45, 7) is 2.52. The van der Waals surface area contributed by atoms with Gasteiger partial charge in [0.25, 0.3) is 5.91 Å². The van der Waals surface area contributed by atoms with E-state index >= 15 is 0 Å². The Hall–Kier alpha value is -2.11. The van der Waals surface area contributed by atoms with E-state index in [2.05, 4.69) is 16.3 Å². The first kappa shape index (κ1) is 15.8. The van der Waals surface area contributed by atoms with Crippen LogP contribution in [0.3, 0.4) is 0 Å². The number of nitrogens with zero attached hydrogens (tertiary/aromatic N) is 1. The normalized spacial score (nSPS) is 18.2. The number of furan rings is 1. The number of nitrogens with one attached hydrogen (secondary N) is 1. The summed E-state index contributed by atoms with van der Waals surface area (Å²) in [5, 5.41) is 12.4. The van der Waals surface area contributed by atoms with E-state index in [4.69, 9.17) is 4.42 Å². The van der Waals surface area contributed by atoms with E-state index in [1.165, 1.54) is 18.1 Å². The Morgan fingerprint density at radius 1 is 1.30 bits per heavy atom. The zero-order chi connectivity index (χ0) is 16.1. The van der Waals surface area contributed by atoms with Crippen LogP contribution in [0.25, 0.3) is 0 Å². The minimum Gasteiger partial charge on any atom is -0.472 e. The van der Waals surface area contributed by atoms with Gasteiger partial charge in [0.2, 0.25) is 0 Å². The van der Waals surface area contributed by atoms with Crippen molar-refractivity contribution >= 4 is 5.91 Å². The molecule has 3 rings (SSSR count). The molecule has 5 nitrogen and oxygen atoms in total. The first-order valence-electron chi connectivity index (χ1n) is 8.00. The Morgan fingerprint density at radius 2 is 2.13 bits per heavy atom. The molecule has 0 saturated carbocycles. The second-order valence-corrected chi connectivity index (χ2v) is 5.91. The van der Waals surface area contributed by atoms with Crippen LogP contribution in [0.1, 0.15) is 34.3 Å². The molecule has 0 radical (unpaired) electrons. The molecule has 23 heavy (non-hydrogen) atoms. The van der Waals surface area contributed by atoms with Gasteiger partial charge in [-0.15, -0.1) is 0 Å². The zero-order valence-corrected chi connectivity index (χ0v) is 13.1. The lowest BCUT2D eigenvalue weighted by Gasteiger charge is -2.24. The van der Waals surface area contributed by atoms with E-state index in [0.717, 1.165) is 31.5 Å². The van der Waals surface area contributed by atoms with Crippen LogP contribution in [-0.4, -0.2) is 35.1 Å². The number of benzene rings is 1. The first-order valence-corrected chi connectivity index (χ1v) is 8.00. The number of amides is 1. The number of aliphatic hydroxyl groups excluding tert-OH is 1. The molecule has 1 fully saturated rings. The minimum absolute atomic E-state index is 0.136. The molecule has 5 heteroatoms. The summed E-state index contributed by atoms with van der Waals surface area (Å²) in [7, 11) is 0. The summed E-state index contributed by atoms with van der Waals surface area (Å²) < 4.78 is 4.93. The van der Waals surface area contributed by atoms with Gasteiger partial charge in [0.15, 0.2) is 0 Å². The first-order chi connectivity index (χ1) is 11.3. The molecule has 1 aromatic carbocycles. The number of hydrogen-bond acceptors (Lipinski definition) is 4. The molecule has 0 spiro atoms. The van der Waals surface area contributed by atoms with Crippen molar-refractivity contribution in [2.45, 2.75) is 32.0 Å². The van der Waals surface area contributed by atoms with E-state index in [-0.39, 0.29) is 18.6 Å². The lowest BCUT2D eigenvalue weighted by molar-refractivity contribution is 0.0950. The van der Waals surface area contributed by atoms with Crippen molar-refractivity contribution in [1.29, 1.82) is 0 Å². The topological polar surface area (TPSA) is 65.7 Å². The summed E-state index contributed by atoms with van der Waals surface area (Å²) >= 11 is 0. The number of hydrogen-bond donors (Lipinski definition) is 2. The van der Waals surface area contributed by atoms with Gasteiger partial charge in [0, 0.05) is 19.1 Å². The summed E-state index contributed by atoms with van der Waals surface area (Å²) in [5.41, 5.74) is 2.83. The van der Waals surface area contributed by atoms with Gasteiger partial charge in [-0.2, -0.15) is 0 Å². The monoisotopic (exact) mass is 314 g/mol. The number of rotatable bonds is 6. The van der Waals surface area contributed by atoms with Gasteiger partial charge in [0.1, 0.15) is 6.26 Å². The maximum absolute atomic E-state index is 12.0. The van der Waals surface area contributed by atoms with Crippen LogP contribution < -0.4 is 5.32 Å². The summed E-state index contributed by atoms with van der Waals surface area (Å²) in [4.78, 5) is 14.3. The third-order valence-corrected chi connectivity index (χ3v) is 4.42. The Labute approximate surface area is 135 Å². The molecular weight excluding hydrogens is 292 g/mol. The minimum atomic E-state index is -0.136. The van der Waals surface area contributed by atoms with Crippen molar-refractivity contribution < 1.29 is 14.3 Å². The lowest BCUT2D eigenvalue weighted by Crippen LogP contribution is -2.32. The van der Waals surface area contributed by atoms with E-state index in [9.17, 15) is 9.90 Å². The molecular formula is C18H22N2O3. The zero-order valence-electron chi connectivity index (χ0n) is 13.1. The standard InChI is InChI=1S/C18H22N2O3/c21-12-17-6-3-8-20(17)11-15-5-2-1-4-14(15)10-19-18(22)16-7-9-23-13-16/h1-2,4-5,7,9,13,17,21H,3,6,8,10-12H2,(H,19,22). The molecule has 1 unspecified atom stereocenters. The number of likely N-dealkylation sites (tertiary alicyclic amines) is 1. The molecule has 2 N–H and O–H groups in total. The average molecular weight is 314 g/mol. The van der Waals surface area contributed by atoms with Crippen LogP contribution in [0.5, 0.6) is 0 Å². The third kappa shape index (κ3) is 3.81. The molecule has 0 bridgehead atoms. The van der Waals surface area contributed by atoms with E-state index in [1.54, 1.807) is 6.07 Å². The van der Waals surface area contributed by atoms with Gasteiger partial charge in [-0.1, -0.05) is 24.3 Å². The largest absolute Gasteiger partial charge is 0.472 e. The van der Waals surface area contributed by atoms with Crippen LogP contribution in [0.4, 0.5) is 0 Å². The molecule has 2 aromatic rings. The Bertz CT molecular complexity index is 639. The summed E-state index contributed by atoms with van der Waals surface area (Å²) in [5.74, 6) is -0.136. The number of carbonyl (C=O) groups is 1. The quantitative estimate of drug-likeness (QED) is 0.857. The molecule has 1 atom stereocenters. The Balaban J connectivity index is 1.65. The Morgan fingerprint density at radius 3 is 2.87 bits per heavy atom. The maximum atomic E-state index is 12.0. The highest BCUT2D eigenvalue weighted by Gasteiger charge is 2.24. The van der Waals surface area contributed by atoms with Gasteiger partial charge >= 0.3 is 0 Å². The highest BCUT2D eigenvalue weighted by atomic mass is 16.3. The summed E-state index contributed by atoms with van der Waals surface area (Å²) in [6, 6.07) is 10.0. The molecule has 1 aliphatic rings. The smallest absolute Gasteiger partial charge is 0.254 e. The predicted molar refractivity (Wildman–Crippen MR) is 86.8 cm³/mol. The van der Waals surface area contributed by atoms with E-state index in [1.807, 2.05) is 18.2 Å². The highest BCUT2D eigenvalue weighted by molar-refractivity contribution is 5.93. The maximum Gasteiger partial charge on any atom is 0.254 e. The SMILES string of the molecule is O=C(NCc1ccccc1CN1CCCC1CO)c1ccoc1. The van der Waals surface area contributed by atoms with Crippen molar-refractivity contribution in [3.05, 3.63) is 59.5 Å². The van der Waals surface area contributed by atoms with Crippen molar-refractivity contribution in [3.63, 3.8) is 0 Å². The van der Waals surface area contributed by atoms with Crippen LogP contribution >= 0.6 is 0 Å². The fraction of sp³-hybridized carbons (Fsp3) is 0.389. The molecule has 1 amide bonds. The van der Waals surface area contributed by atoms with Crippen LogP contribution in [0.15, 0.2) is 47.3 Å². The van der Waals surface area contributed by atoms with Crippen molar-refractivity contribution in [2.75, 3.05) is 13.2 Å². The van der Waals surface area contributed by atoms with E-state index < -0.39 is 0 Å². The molecule has 1 saturated heterocycles. The van der Waals surface area contributed by atoms with Crippen molar-refractivity contribution in [1.82, 2.24) is 10.2 Å². The van der Waals surface area contributed by atoms with Gasteiger partial charge in [-0.05, 0) is 36.6 Å². The second kappa shape index (κ2) is 7.44. The molecule has 0 aliphatic carbocycles. The fourth-order valence-corrected chi connectivity index (χ4v) is 3.08. The van der Waals surface area contributed by atoms with E-state index in [0.29, 0.717) is 12.1 Å². The second-order valence-electron chi connectivity index (χ2n) is 5.91. The van der Waals surface area contributed by atoms with Crippen LogP contribution in [0, 0.1) is 0 Å². The number of aliphatic hydroxyl groups is 1. The number of carbonyl (C=O) groups excluding carboxylic acids is 1. The van der Waals surface area contributed by atoms with Gasteiger partial charge in [-0.25, -0.2) is 0 Å². The fourth-order valence-electron chi connectivity index (χ4n) is 3.08. The third-order valence-electron chi connectivity index (χ3n) is 4.42. The van der Waals surface area contributed by atoms with Gasteiger partial charge < -0.3 is 14.8 Å². The van der Waals surface area contributed by atoms with Crippen molar-refractivity contribution in [2.24, 2.45) is 0 Å². The molecule has 1 aliphatic heterocycles. The average Bonchev–Trinajstić information content (AvgIpc) is 3.25. The molecule has 122 valence electrons. The van der Waals surface area contributed by atoms with Gasteiger partial charge in [0.05, 0.1) is 18.4 Å². The predicted octanol–water partition coefficient (Wildman–Crippen LogP) is 2.17. The van der Waals surface area contributed by atoms with Crippen LogP contribution in [-0.2, 0) is 13.1 Å². The van der Waals surface area contributed by atoms with Crippen molar-refractivity contribution in [3.8, 4) is 0 Å². The lowest BCUT2D eigenvalue weighted by atomic mass is 10.1. The van der Waals surface area contributed by atoms with Crippen LogP contribution in [0.2, 0.25) is 0 Å². The molecule has 2 heterocycles. The highest BCUT2D eigenvalue weighted by Crippen LogP contribution is 2.21. The van der Waals surface area contributed by atoms with Gasteiger partial charge in [-0.3, -0.25) is 9.69 Å². The summed E-state index contributed by atoms with van der Waals surface area (Å²) in [6.07, 6.45) is 5.11. The Kier molecular flexibility index (Phi) is 5.10.